The molecule has 0 radical (unpaired) electrons. The van der Waals surface area contributed by atoms with Gasteiger partial charge in [-0.25, -0.2) is 4.99 Å². The number of pyridine rings is 1. The molecule has 1 unspecified atom stereocenters. The van der Waals surface area contributed by atoms with Gasteiger partial charge in [-0.05, 0) is 31.5 Å². The maximum atomic E-state index is 5.73. The maximum absolute atomic E-state index is 5.73. The molecular formula is C19H25IN4O. The van der Waals surface area contributed by atoms with Gasteiger partial charge in [-0.1, -0.05) is 24.3 Å². The van der Waals surface area contributed by atoms with E-state index in [0.717, 1.165) is 35.9 Å². The number of fused-ring (bicyclic) bond motifs is 1. The van der Waals surface area contributed by atoms with Crippen LogP contribution in [-0.2, 0) is 6.54 Å². The van der Waals surface area contributed by atoms with Gasteiger partial charge in [0.1, 0.15) is 5.75 Å². The van der Waals surface area contributed by atoms with Crippen molar-refractivity contribution in [2.24, 2.45) is 4.99 Å². The molecule has 0 spiro atoms. The molecule has 1 atom stereocenters. The predicted molar refractivity (Wildman–Crippen MR) is 112 cm³/mol. The van der Waals surface area contributed by atoms with Crippen molar-refractivity contribution in [3.05, 3.63) is 59.4 Å². The third-order valence-corrected chi connectivity index (χ3v) is 4.12. The van der Waals surface area contributed by atoms with Crippen LogP contribution in [0.1, 0.15) is 36.2 Å². The molecule has 0 aliphatic carbocycles. The third-order valence-electron chi connectivity index (χ3n) is 4.12. The van der Waals surface area contributed by atoms with Crippen LogP contribution >= 0.6 is 24.0 Å². The van der Waals surface area contributed by atoms with E-state index in [1.165, 1.54) is 5.56 Å². The largest absolute Gasteiger partial charge is 0.493 e. The highest BCUT2D eigenvalue weighted by Gasteiger charge is 2.21. The molecule has 2 N–H and O–H groups in total. The molecule has 0 saturated carbocycles. The van der Waals surface area contributed by atoms with E-state index in [2.05, 4.69) is 41.6 Å². The molecule has 1 aliphatic rings. The average Bonchev–Trinajstić information content (AvgIpc) is 2.61. The van der Waals surface area contributed by atoms with E-state index in [0.29, 0.717) is 13.2 Å². The number of nitrogens with zero attached hydrogens (tertiary/aromatic N) is 2. The zero-order valence-electron chi connectivity index (χ0n) is 14.7. The fourth-order valence-electron chi connectivity index (χ4n) is 2.81. The van der Waals surface area contributed by atoms with E-state index in [1.807, 2.05) is 30.5 Å². The summed E-state index contributed by atoms with van der Waals surface area (Å²) in [5.74, 6) is 1.77. The molecule has 0 saturated heterocycles. The Balaban J connectivity index is 0.00000225. The summed E-state index contributed by atoms with van der Waals surface area (Å²) >= 11 is 0. The summed E-state index contributed by atoms with van der Waals surface area (Å²) in [5, 5.41) is 6.85. The molecule has 0 fully saturated rings. The Morgan fingerprint density at radius 3 is 2.92 bits per heavy atom. The van der Waals surface area contributed by atoms with Gasteiger partial charge >= 0.3 is 0 Å². The van der Waals surface area contributed by atoms with E-state index in [9.17, 15) is 0 Å². The van der Waals surface area contributed by atoms with Crippen LogP contribution in [0.5, 0.6) is 5.75 Å². The van der Waals surface area contributed by atoms with Gasteiger partial charge in [0.15, 0.2) is 5.96 Å². The van der Waals surface area contributed by atoms with Gasteiger partial charge in [0.05, 0.1) is 24.9 Å². The summed E-state index contributed by atoms with van der Waals surface area (Å²) in [5.41, 5.74) is 3.35. The molecule has 6 heteroatoms. The Kier molecular flexibility index (Phi) is 7.49. The molecular weight excluding hydrogens is 427 g/mol. The van der Waals surface area contributed by atoms with Gasteiger partial charge in [-0.2, -0.15) is 0 Å². The molecule has 1 aliphatic heterocycles. The topological polar surface area (TPSA) is 58.5 Å². The molecule has 1 aromatic carbocycles. The zero-order valence-corrected chi connectivity index (χ0v) is 17.0. The quantitative estimate of drug-likeness (QED) is 0.423. The number of hydrogen-bond donors (Lipinski definition) is 2. The first-order chi connectivity index (χ1) is 11.8. The Morgan fingerprint density at radius 1 is 1.28 bits per heavy atom. The molecule has 25 heavy (non-hydrogen) atoms. The van der Waals surface area contributed by atoms with Crippen LogP contribution in [0, 0.1) is 6.92 Å². The van der Waals surface area contributed by atoms with Crippen molar-refractivity contribution < 1.29 is 4.74 Å². The SMILES string of the molecule is CCNC(=NCc1ncccc1C)NC1CCOc2ccccc21.I. The number of nitrogens with one attached hydrogen (secondary N) is 2. The number of guanidine groups is 1. The van der Waals surface area contributed by atoms with Crippen molar-refractivity contribution in [2.45, 2.75) is 32.9 Å². The van der Waals surface area contributed by atoms with Crippen molar-refractivity contribution in [1.29, 1.82) is 0 Å². The van der Waals surface area contributed by atoms with Gasteiger partial charge < -0.3 is 15.4 Å². The van der Waals surface area contributed by atoms with Crippen molar-refractivity contribution in [3.63, 3.8) is 0 Å². The molecule has 134 valence electrons. The number of aryl methyl sites for hydroxylation is 1. The van der Waals surface area contributed by atoms with E-state index < -0.39 is 0 Å². The standard InChI is InChI=1S/C19H24N4O.HI/c1-3-20-19(22-13-17-14(2)7-6-11-21-17)23-16-10-12-24-18-9-5-4-8-15(16)18;/h4-9,11,16H,3,10,12-13H2,1-2H3,(H2,20,22,23);1H. The Bertz CT molecular complexity index is 720. The molecule has 2 heterocycles. The molecule has 3 rings (SSSR count). The van der Waals surface area contributed by atoms with E-state index in [4.69, 9.17) is 9.73 Å². The van der Waals surface area contributed by atoms with Gasteiger partial charge in [0, 0.05) is 24.7 Å². The number of aromatic nitrogens is 1. The lowest BCUT2D eigenvalue weighted by atomic mass is 10.0. The normalized spacial score (nSPS) is 16.2. The van der Waals surface area contributed by atoms with Crippen molar-refractivity contribution in [2.75, 3.05) is 13.2 Å². The Labute approximate surface area is 166 Å². The average molecular weight is 452 g/mol. The molecule has 0 bridgehead atoms. The summed E-state index contributed by atoms with van der Waals surface area (Å²) in [6.45, 7) is 6.23. The summed E-state index contributed by atoms with van der Waals surface area (Å²) in [6.07, 6.45) is 2.73. The second kappa shape index (κ2) is 9.60. The van der Waals surface area contributed by atoms with Gasteiger partial charge in [0.2, 0.25) is 0 Å². The van der Waals surface area contributed by atoms with Gasteiger partial charge in [-0.15, -0.1) is 24.0 Å². The number of ether oxygens (including phenoxy) is 1. The third kappa shape index (κ3) is 5.07. The van der Waals surface area contributed by atoms with Crippen LogP contribution < -0.4 is 15.4 Å². The lowest BCUT2D eigenvalue weighted by Gasteiger charge is -2.28. The summed E-state index contributed by atoms with van der Waals surface area (Å²) < 4.78 is 5.73. The number of rotatable bonds is 4. The van der Waals surface area contributed by atoms with Crippen molar-refractivity contribution in [3.8, 4) is 5.75 Å². The molecule has 1 aromatic heterocycles. The van der Waals surface area contributed by atoms with E-state index >= 15 is 0 Å². The molecule has 5 nitrogen and oxygen atoms in total. The van der Waals surface area contributed by atoms with Crippen molar-refractivity contribution >= 4 is 29.9 Å². The van der Waals surface area contributed by atoms with E-state index in [1.54, 1.807) is 0 Å². The van der Waals surface area contributed by atoms with Crippen LogP contribution in [0.25, 0.3) is 0 Å². The fraction of sp³-hybridized carbons (Fsp3) is 0.368. The summed E-state index contributed by atoms with van der Waals surface area (Å²) in [7, 11) is 0. The zero-order chi connectivity index (χ0) is 16.8. The smallest absolute Gasteiger partial charge is 0.192 e. The van der Waals surface area contributed by atoms with Crippen LogP contribution in [0.2, 0.25) is 0 Å². The minimum atomic E-state index is 0. The van der Waals surface area contributed by atoms with Crippen molar-refractivity contribution in [1.82, 2.24) is 15.6 Å². The highest BCUT2D eigenvalue weighted by atomic mass is 127. The number of aliphatic imine (C=N–C) groups is 1. The number of halogens is 1. The number of benzene rings is 1. The Morgan fingerprint density at radius 2 is 2.12 bits per heavy atom. The fourth-order valence-corrected chi connectivity index (χ4v) is 2.81. The first-order valence-corrected chi connectivity index (χ1v) is 8.45. The number of hydrogen-bond acceptors (Lipinski definition) is 3. The highest BCUT2D eigenvalue weighted by molar-refractivity contribution is 14.0. The second-order valence-corrected chi connectivity index (χ2v) is 5.83. The maximum Gasteiger partial charge on any atom is 0.192 e. The molecule has 2 aromatic rings. The van der Waals surface area contributed by atoms with Crippen LogP contribution in [0.3, 0.4) is 0 Å². The van der Waals surface area contributed by atoms with Gasteiger partial charge in [-0.3, -0.25) is 4.98 Å². The first kappa shape index (κ1) is 19.5. The van der Waals surface area contributed by atoms with Gasteiger partial charge in [0.25, 0.3) is 0 Å². The summed E-state index contributed by atoms with van der Waals surface area (Å²) in [4.78, 5) is 9.11. The highest BCUT2D eigenvalue weighted by Crippen LogP contribution is 2.31. The van der Waals surface area contributed by atoms with Crippen LogP contribution in [-0.4, -0.2) is 24.1 Å². The minimum absolute atomic E-state index is 0. The second-order valence-electron chi connectivity index (χ2n) is 5.83. The van der Waals surface area contributed by atoms with Crippen LogP contribution in [0.4, 0.5) is 0 Å². The minimum Gasteiger partial charge on any atom is -0.493 e. The summed E-state index contributed by atoms with van der Waals surface area (Å²) in [6, 6.07) is 12.4. The lowest BCUT2D eigenvalue weighted by Crippen LogP contribution is -2.41. The molecule has 0 amide bonds. The lowest BCUT2D eigenvalue weighted by molar-refractivity contribution is 0.261. The van der Waals surface area contributed by atoms with Crippen LogP contribution in [0.15, 0.2) is 47.6 Å². The first-order valence-electron chi connectivity index (χ1n) is 8.45. The predicted octanol–water partition coefficient (Wildman–Crippen LogP) is 3.59. The number of para-hydroxylation sites is 1. The Hall–Kier alpha value is -1.83. The van der Waals surface area contributed by atoms with E-state index in [-0.39, 0.29) is 30.0 Å². The monoisotopic (exact) mass is 452 g/mol.